The number of carbonyl (C=O) groups is 1. The molecule has 1 amide bonds. The first kappa shape index (κ1) is 12.8. The Morgan fingerprint density at radius 2 is 2.24 bits per heavy atom. The molecule has 0 spiro atoms. The topological polar surface area (TPSA) is 58.8 Å². The molecule has 2 aliphatic rings. The molecule has 98 valence electrons. The van der Waals surface area contributed by atoms with E-state index in [0.29, 0.717) is 6.54 Å². The van der Waals surface area contributed by atoms with E-state index < -0.39 is 0 Å². The fraction of sp³-hybridized carbons (Fsp3) is 0.917. The Hall–Kier alpha value is -0.650. The van der Waals surface area contributed by atoms with Gasteiger partial charge in [0.05, 0.1) is 6.10 Å². The summed E-state index contributed by atoms with van der Waals surface area (Å²) in [5.41, 5.74) is 5.70. The zero-order valence-corrected chi connectivity index (χ0v) is 10.6. The highest BCUT2D eigenvalue weighted by Gasteiger charge is 2.31. The minimum Gasteiger partial charge on any atom is -0.376 e. The van der Waals surface area contributed by atoms with Crippen molar-refractivity contribution in [3.8, 4) is 0 Å². The molecule has 0 saturated carbocycles. The fourth-order valence-electron chi connectivity index (χ4n) is 2.67. The first-order chi connectivity index (χ1) is 8.22. The fourth-order valence-corrected chi connectivity index (χ4v) is 2.67. The molecule has 0 aromatic heterocycles. The summed E-state index contributed by atoms with van der Waals surface area (Å²) in [6.07, 6.45) is 3.45. The molecule has 2 atom stereocenters. The smallest absolute Gasteiger partial charge is 0.241 e. The molecular formula is C12H23N3O2. The van der Waals surface area contributed by atoms with Gasteiger partial charge in [0.2, 0.25) is 5.91 Å². The Morgan fingerprint density at radius 1 is 1.41 bits per heavy atom. The van der Waals surface area contributed by atoms with Crippen LogP contribution in [0.5, 0.6) is 0 Å². The van der Waals surface area contributed by atoms with Gasteiger partial charge in [-0.25, -0.2) is 0 Å². The third-order valence-electron chi connectivity index (χ3n) is 3.74. The molecule has 2 saturated heterocycles. The summed E-state index contributed by atoms with van der Waals surface area (Å²) in [5, 5.41) is 0. The third-order valence-corrected chi connectivity index (χ3v) is 3.74. The Labute approximate surface area is 103 Å². The van der Waals surface area contributed by atoms with E-state index in [0.717, 1.165) is 45.5 Å². The van der Waals surface area contributed by atoms with Crippen molar-refractivity contribution in [2.45, 2.75) is 31.4 Å². The molecule has 5 nitrogen and oxygen atoms in total. The van der Waals surface area contributed by atoms with Crippen molar-refractivity contribution >= 4 is 5.91 Å². The van der Waals surface area contributed by atoms with E-state index in [1.165, 1.54) is 0 Å². The van der Waals surface area contributed by atoms with Gasteiger partial charge in [0.1, 0.15) is 6.04 Å². The lowest BCUT2D eigenvalue weighted by Gasteiger charge is -2.28. The lowest BCUT2D eigenvalue weighted by atomic mass is 10.2. The van der Waals surface area contributed by atoms with Gasteiger partial charge in [0.25, 0.3) is 0 Å². The Morgan fingerprint density at radius 3 is 2.88 bits per heavy atom. The summed E-state index contributed by atoms with van der Waals surface area (Å²) in [6, 6.07) is -0.154. The summed E-state index contributed by atoms with van der Waals surface area (Å²) >= 11 is 0. The van der Waals surface area contributed by atoms with E-state index in [1.54, 1.807) is 0 Å². The highest BCUT2D eigenvalue weighted by molar-refractivity contribution is 5.82. The molecule has 2 fully saturated rings. The molecule has 17 heavy (non-hydrogen) atoms. The summed E-state index contributed by atoms with van der Waals surface area (Å²) in [6.45, 7) is 3.75. The van der Waals surface area contributed by atoms with Crippen LogP contribution >= 0.6 is 0 Å². The van der Waals surface area contributed by atoms with Crippen LogP contribution in [-0.2, 0) is 9.53 Å². The minimum absolute atomic E-state index is 0.154. The molecule has 5 heteroatoms. The van der Waals surface area contributed by atoms with Crippen molar-refractivity contribution in [1.29, 1.82) is 0 Å². The van der Waals surface area contributed by atoms with E-state index in [-0.39, 0.29) is 18.1 Å². The number of nitrogens with zero attached hydrogens (tertiary/aromatic N) is 2. The molecule has 0 aromatic carbocycles. The van der Waals surface area contributed by atoms with Gasteiger partial charge >= 0.3 is 0 Å². The molecule has 0 bridgehead atoms. The molecule has 2 heterocycles. The average molecular weight is 241 g/mol. The van der Waals surface area contributed by atoms with Gasteiger partial charge in [-0.15, -0.1) is 0 Å². The van der Waals surface area contributed by atoms with Gasteiger partial charge in [-0.1, -0.05) is 0 Å². The molecular weight excluding hydrogens is 218 g/mol. The maximum absolute atomic E-state index is 12.3. The van der Waals surface area contributed by atoms with Crippen molar-refractivity contribution in [1.82, 2.24) is 9.80 Å². The van der Waals surface area contributed by atoms with Crippen LogP contribution in [-0.4, -0.2) is 67.7 Å². The predicted molar refractivity (Wildman–Crippen MR) is 65.6 cm³/mol. The van der Waals surface area contributed by atoms with Crippen LogP contribution in [0.25, 0.3) is 0 Å². The quantitative estimate of drug-likeness (QED) is 0.734. The second kappa shape index (κ2) is 5.80. The molecule has 2 unspecified atom stereocenters. The first-order valence-electron chi connectivity index (χ1n) is 6.53. The van der Waals surface area contributed by atoms with E-state index in [2.05, 4.69) is 4.90 Å². The van der Waals surface area contributed by atoms with Crippen LogP contribution in [0.15, 0.2) is 0 Å². The van der Waals surface area contributed by atoms with Crippen LogP contribution < -0.4 is 5.73 Å². The van der Waals surface area contributed by atoms with E-state index >= 15 is 0 Å². The second-order valence-electron chi connectivity index (χ2n) is 5.00. The van der Waals surface area contributed by atoms with Crippen LogP contribution in [0.4, 0.5) is 0 Å². The largest absolute Gasteiger partial charge is 0.376 e. The predicted octanol–water partition coefficient (Wildman–Crippen LogP) is -0.343. The summed E-state index contributed by atoms with van der Waals surface area (Å²) in [7, 11) is 1.98. The van der Waals surface area contributed by atoms with Crippen LogP contribution in [0.1, 0.15) is 19.3 Å². The van der Waals surface area contributed by atoms with Gasteiger partial charge in [-0.3, -0.25) is 9.69 Å². The van der Waals surface area contributed by atoms with Gasteiger partial charge < -0.3 is 15.4 Å². The van der Waals surface area contributed by atoms with Crippen LogP contribution in [0.3, 0.4) is 0 Å². The van der Waals surface area contributed by atoms with Gasteiger partial charge in [0.15, 0.2) is 0 Å². The Balaban J connectivity index is 1.97. The zero-order chi connectivity index (χ0) is 12.3. The monoisotopic (exact) mass is 241 g/mol. The summed E-state index contributed by atoms with van der Waals surface area (Å²) in [5.74, 6) is 0.169. The molecule has 2 rings (SSSR count). The SMILES string of the molecule is CN1CCCN(CC2CCCO2)C(=O)C1CN. The highest BCUT2D eigenvalue weighted by atomic mass is 16.5. The Kier molecular flexibility index (Phi) is 4.36. The van der Waals surface area contributed by atoms with Crippen molar-refractivity contribution in [2.24, 2.45) is 5.73 Å². The number of amides is 1. The number of carbonyl (C=O) groups excluding carboxylic acids is 1. The third kappa shape index (κ3) is 2.97. The van der Waals surface area contributed by atoms with E-state index in [4.69, 9.17) is 10.5 Å². The van der Waals surface area contributed by atoms with Gasteiger partial charge in [0, 0.05) is 32.8 Å². The van der Waals surface area contributed by atoms with Gasteiger partial charge in [-0.05, 0) is 26.3 Å². The standard InChI is InChI=1S/C12H23N3O2/c1-14-5-3-6-15(12(16)11(14)8-13)9-10-4-2-7-17-10/h10-11H,2-9,13H2,1H3. The van der Waals surface area contributed by atoms with Gasteiger partial charge in [-0.2, -0.15) is 0 Å². The molecule has 0 radical (unpaired) electrons. The lowest BCUT2D eigenvalue weighted by Crippen LogP contribution is -2.50. The number of likely N-dealkylation sites (N-methyl/N-ethyl adjacent to an activating group) is 1. The molecule has 0 aliphatic carbocycles. The summed E-state index contributed by atoms with van der Waals surface area (Å²) < 4.78 is 5.60. The number of nitrogens with two attached hydrogens (primary N) is 1. The van der Waals surface area contributed by atoms with Crippen molar-refractivity contribution in [2.75, 3.05) is 39.8 Å². The molecule has 2 aliphatic heterocycles. The lowest BCUT2D eigenvalue weighted by molar-refractivity contribution is -0.136. The normalized spacial score (nSPS) is 31.9. The molecule has 0 aromatic rings. The zero-order valence-electron chi connectivity index (χ0n) is 10.6. The van der Waals surface area contributed by atoms with E-state index in [9.17, 15) is 4.79 Å². The minimum atomic E-state index is -0.154. The van der Waals surface area contributed by atoms with Crippen molar-refractivity contribution in [3.05, 3.63) is 0 Å². The number of rotatable bonds is 3. The van der Waals surface area contributed by atoms with Crippen molar-refractivity contribution in [3.63, 3.8) is 0 Å². The average Bonchev–Trinajstić information content (AvgIpc) is 2.76. The van der Waals surface area contributed by atoms with Crippen molar-refractivity contribution < 1.29 is 9.53 Å². The molecule has 2 N–H and O–H groups in total. The highest BCUT2D eigenvalue weighted by Crippen LogP contribution is 2.16. The second-order valence-corrected chi connectivity index (χ2v) is 5.00. The first-order valence-corrected chi connectivity index (χ1v) is 6.53. The van der Waals surface area contributed by atoms with Crippen LogP contribution in [0, 0.1) is 0 Å². The maximum Gasteiger partial charge on any atom is 0.241 e. The maximum atomic E-state index is 12.3. The number of ether oxygens (including phenoxy) is 1. The summed E-state index contributed by atoms with van der Waals surface area (Å²) in [4.78, 5) is 16.3. The number of hydrogen-bond acceptors (Lipinski definition) is 4. The number of hydrogen-bond donors (Lipinski definition) is 1. The van der Waals surface area contributed by atoms with Crippen LogP contribution in [0.2, 0.25) is 0 Å². The van der Waals surface area contributed by atoms with E-state index in [1.807, 2.05) is 11.9 Å². The Bertz CT molecular complexity index is 266.